The predicted octanol–water partition coefficient (Wildman–Crippen LogP) is 4.48. The van der Waals surface area contributed by atoms with Gasteiger partial charge in [0.1, 0.15) is 12.7 Å². The first kappa shape index (κ1) is 41.3. The maximum atomic E-state index is 12.7. The van der Waals surface area contributed by atoms with Gasteiger partial charge in [-0.05, 0) is 73.1 Å². The summed E-state index contributed by atoms with van der Waals surface area (Å²) in [6.07, 6.45) is 0.780. The number of hydrogen-bond acceptors (Lipinski definition) is 13. The third-order valence-electron chi connectivity index (χ3n) is 6.74. The van der Waals surface area contributed by atoms with E-state index in [1.165, 1.54) is 0 Å². The van der Waals surface area contributed by atoms with E-state index in [2.05, 4.69) is 13.2 Å². The number of esters is 6. The van der Waals surface area contributed by atoms with Gasteiger partial charge in [-0.3, -0.25) is 19.2 Å². The SMILES string of the molecule is C=C(C)C(=O)OCCCCC(=O)OCC1CC(OC(=O)CCCCOC(=O)C(C)(C)C)C(OC(=O)CCCCOC(=O)C(=C)C)CO1. The van der Waals surface area contributed by atoms with E-state index >= 15 is 0 Å². The van der Waals surface area contributed by atoms with Crippen molar-refractivity contribution in [2.24, 2.45) is 5.41 Å². The lowest BCUT2D eigenvalue weighted by atomic mass is 9.97. The van der Waals surface area contributed by atoms with Gasteiger partial charge in [-0.1, -0.05) is 13.2 Å². The van der Waals surface area contributed by atoms with Crippen LogP contribution >= 0.6 is 0 Å². The van der Waals surface area contributed by atoms with E-state index in [0.717, 1.165) is 0 Å². The number of unbranched alkanes of at least 4 members (excludes halogenated alkanes) is 3. The predicted molar refractivity (Wildman–Crippen MR) is 169 cm³/mol. The molecule has 0 spiro atoms. The number of carbonyl (C=O) groups is 6. The molecule has 3 atom stereocenters. The van der Waals surface area contributed by atoms with Crippen LogP contribution < -0.4 is 0 Å². The minimum atomic E-state index is -0.866. The van der Waals surface area contributed by atoms with Crippen molar-refractivity contribution >= 4 is 35.8 Å². The lowest BCUT2D eigenvalue weighted by molar-refractivity contribution is -0.194. The highest BCUT2D eigenvalue weighted by molar-refractivity contribution is 5.87. The molecule has 3 unspecified atom stereocenters. The van der Waals surface area contributed by atoms with Gasteiger partial charge in [-0.25, -0.2) is 9.59 Å². The molecule has 0 saturated carbocycles. The topological polar surface area (TPSA) is 167 Å². The highest BCUT2D eigenvalue weighted by atomic mass is 16.6. The minimum absolute atomic E-state index is 0.0580. The molecule has 0 radical (unpaired) electrons. The van der Waals surface area contributed by atoms with E-state index in [9.17, 15) is 28.8 Å². The molecule has 0 aromatic carbocycles. The van der Waals surface area contributed by atoms with E-state index in [1.54, 1.807) is 34.6 Å². The molecular formula is C34H52O13. The monoisotopic (exact) mass is 668 g/mol. The van der Waals surface area contributed by atoms with Gasteiger partial charge in [0.05, 0.1) is 37.9 Å². The molecule has 1 rings (SSSR count). The summed E-state index contributed by atoms with van der Waals surface area (Å²) in [5, 5.41) is 0. The smallest absolute Gasteiger partial charge is 0.333 e. The first-order valence-corrected chi connectivity index (χ1v) is 16.1. The Morgan fingerprint density at radius 3 is 1.55 bits per heavy atom. The molecular weight excluding hydrogens is 616 g/mol. The average molecular weight is 669 g/mol. The van der Waals surface area contributed by atoms with Crippen molar-refractivity contribution in [3.05, 3.63) is 24.3 Å². The van der Waals surface area contributed by atoms with Crippen molar-refractivity contribution < 1.29 is 61.9 Å². The van der Waals surface area contributed by atoms with Crippen molar-refractivity contribution in [2.45, 2.75) is 117 Å². The summed E-state index contributed by atoms with van der Waals surface area (Å²) in [6.45, 7) is 15.7. The van der Waals surface area contributed by atoms with Gasteiger partial charge in [0, 0.05) is 36.8 Å². The number of ether oxygens (including phenoxy) is 7. The molecule has 0 aliphatic carbocycles. The number of hydrogen-bond donors (Lipinski definition) is 0. The molecule has 0 aromatic heterocycles. The zero-order chi connectivity index (χ0) is 35.4. The first-order chi connectivity index (χ1) is 22.1. The second-order valence-corrected chi connectivity index (χ2v) is 12.5. The minimum Gasteiger partial charge on any atom is -0.465 e. The second-order valence-electron chi connectivity index (χ2n) is 12.5. The summed E-state index contributed by atoms with van der Waals surface area (Å²) in [6, 6.07) is 0. The van der Waals surface area contributed by atoms with Crippen molar-refractivity contribution in [3.63, 3.8) is 0 Å². The molecule has 0 N–H and O–H groups in total. The molecule has 266 valence electrons. The Bertz CT molecular complexity index is 1090. The first-order valence-electron chi connectivity index (χ1n) is 16.1. The van der Waals surface area contributed by atoms with E-state index in [-0.39, 0.29) is 70.3 Å². The summed E-state index contributed by atoms with van der Waals surface area (Å²) >= 11 is 0. The van der Waals surface area contributed by atoms with E-state index in [0.29, 0.717) is 44.1 Å². The third kappa shape index (κ3) is 18.9. The molecule has 1 aliphatic rings. The van der Waals surface area contributed by atoms with Crippen LogP contribution in [0.4, 0.5) is 0 Å². The van der Waals surface area contributed by atoms with Crippen molar-refractivity contribution in [1.29, 1.82) is 0 Å². The molecule has 13 heteroatoms. The molecule has 0 amide bonds. The lowest BCUT2D eigenvalue weighted by Crippen LogP contribution is -2.47. The van der Waals surface area contributed by atoms with Crippen molar-refractivity contribution in [3.8, 4) is 0 Å². The molecule has 0 aromatic rings. The van der Waals surface area contributed by atoms with Gasteiger partial charge in [0.15, 0.2) is 6.10 Å². The van der Waals surface area contributed by atoms with Crippen molar-refractivity contribution in [2.75, 3.05) is 33.0 Å². The molecule has 1 heterocycles. The Balaban J connectivity index is 2.59. The molecule has 1 fully saturated rings. The van der Waals surface area contributed by atoms with Crippen LogP contribution in [0.2, 0.25) is 0 Å². The van der Waals surface area contributed by atoms with Gasteiger partial charge < -0.3 is 33.2 Å². The second kappa shape index (κ2) is 21.9. The van der Waals surface area contributed by atoms with Gasteiger partial charge in [0.2, 0.25) is 0 Å². The van der Waals surface area contributed by atoms with Crippen LogP contribution in [0.5, 0.6) is 0 Å². The highest BCUT2D eigenvalue weighted by Gasteiger charge is 2.37. The summed E-state index contributed by atoms with van der Waals surface area (Å²) < 4.78 is 37.6. The average Bonchev–Trinajstić information content (AvgIpc) is 2.99. The number of rotatable bonds is 21. The summed E-state index contributed by atoms with van der Waals surface area (Å²) in [5.41, 5.74) is -0.0218. The quantitative estimate of drug-likeness (QED) is 0.0727. The van der Waals surface area contributed by atoms with Crippen LogP contribution in [0.25, 0.3) is 0 Å². The van der Waals surface area contributed by atoms with E-state index in [4.69, 9.17) is 33.2 Å². The Kier molecular flexibility index (Phi) is 19.3. The van der Waals surface area contributed by atoms with Crippen LogP contribution in [-0.2, 0) is 61.9 Å². The molecule has 47 heavy (non-hydrogen) atoms. The maximum absolute atomic E-state index is 12.7. The molecule has 0 bridgehead atoms. The van der Waals surface area contributed by atoms with E-state index < -0.39 is 53.6 Å². The standard InChI is InChI=1S/C34H52O13/c1-23(2)31(38)41-17-11-8-14-28(35)45-21-25-20-26(46-29(36)15-10-13-19-43-33(40)34(5,6)7)27(22-44-25)47-30(37)16-9-12-18-42-32(39)24(3)4/h25-27H,1,3,8-22H2,2,4-7H3. The molecule has 13 nitrogen and oxygen atoms in total. The van der Waals surface area contributed by atoms with Gasteiger partial charge >= 0.3 is 35.8 Å². The van der Waals surface area contributed by atoms with Gasteiger partial charge in [0.25, 0.3) is 0 Å². The Morgan fingerprint density at radius 2 is 1.09 bits per heavy atom. The van der Waals surface area contributed by atoms with Crippen LogP contribution in [0, 0.1) is 5.41 Å². The Labute approximate surface area is 277 Å². The van der Waals surface area contributed by atoms with Crippen molar-refractivity contribution in [1.82, 2.24) is 0 Å². The van der Waals surface area contributed by atoms with Crippen LogP contribution in [-0.4, -0.2) is 87.2 Å². The zero-order valence-corrected chi connectivity index (χ0v) is 28.6. The summed E-state index contributed by atoms with van der Waals surface area (Å²) in [5.74, 6) is -2.79. The largest absolute Gasteiger partial charge is 0.465 e. The van der Waals surface area contributed by atoms with Crippen LogP contribution in [0.3, 0.4) is 0 Å². The fraction of sp³-hybridized carbons (Fsp3) is 0.706. The maximum Gasteiger partial charge on any atom is 0.333 e. The summed E-state index contributed by atoms with van der Waals surface area (Å²) in [4.78, 5) is 72.3. The fourth-order valence-corrected chi connectivity index (χ4v) is 3.95. The lowest BCUT2D eigenvalue weighted by Gasteiger charge is -2.35. The fourth-order valence-electron chi connectivity index (χ4n) is 3.95. The van der Waals surface area contributed by atoms with Gasteiger partial charge in [-0.2, -0.15) is 0 Å². The third-order valence-corrected chi connectivity index (χ3v) is 6.74. The molecule has 1 saturated heterocycles. The zero-order valence-electron chi connectivity index (χ0n) is 28.6. The normalized spacial score (nSPS) is 17.5. The Hall–Kier alpha value is -3.74. The Morgan fingerprint density at radius 1 is 0.638 bits per heavy atom. The summed E-state index contributed by atoms with van der Waals surface area (Å²) in [7, 11) is 0. The highest BCUT2D eigenvalue weighted by Crippen LogP contribution is 2.23. The van der Waals surface area contributed by atoms with E-state index in [1.807, 2.05) is 0 Å². The van der Waals surface area contributed by atoms with Crippen LogP contribution in [0.1, 0.15) is 98.8 Å². The number of carbonyl (C=O) groups excluding carboxylic acids is 6. The van der Waals surface area contributed by atoms with Gasteiger partial charge in [-0.15, -0.1) is 0 Å². The molecule has 1 aliphatic heterocycles. The van der Waals surface area contributed by atoms with Crippen LogP contribution in [0.15, 0.2) is 24.3 Å².